The molecule has 1 N–H and O–H groups in total. The highest BCUT2D eigenvalue weighted by molar-refractivity contribution is 6.00. The maximum Gasteiger partial charge on any atom is 0.346 e. The largest absolute Gasteiger partial charge is 0.493 e. The quantitative estimate of drug-likeness (QED) is 0.395. The van der Waals surface area contributed by atoms with E-state index in [1.54, 1.807) is 6.92 Å². The first-order valence-corrected chi connectivity index (χ1v) is 9.26. The van der Waals surface area contributed by atoms with Gasteiger partial charge in [0, 0.05) is 11.8 Å². The van der Waals surface area contributed by atoms with Crippen molar-refractivity contribution in [1.29, 1.82) is 0 Å². The lowest BCUT2D eigenvalue weighted by Crippen LogP contribution is -2.30. The number of carbonyl (C=O) groups excluding carboxylic acids is 2. The highest BCUT2D eigenvalue weighted by Crippen LogP contribution is 2.35. The van der Waals surface area contributed by atoms with Crippen LogP contribution in [0, 0.1) is 24.0 Å². The number of nitro benzene ring substituents is 1. The lowest BCUT2D eigenvalue weighted by Gasteiger charge is -2.17. The second kappa shape index (κ2) is 9.73. The molecule has 0 aliphatic rings. The predicted molar refractivity (Wildman–Crippen MR) is 110 cm³/mol. The molecule has 0 aromatic heterocycles. The molecule has 2 rings (SSSR count). The number of esters is 1. The summed E-state index contributed by atoms with van der Waals surface area (Å²) in [4.78, 5) is 35.8. The molecule has 0 fully saturated rings. The number of hydrogen-bond acceptors (Lipinski definition) is 7. The third-order valence-electron chi connectivity index (χ3n) is 4.38. The summed E-state index contributed by atoms with van der Waals surface area (Å²) in [6, 6.07) is 7.81. The van der Waals surface area contributed by atoms with E-state index in [4.69, 9.17) is 14.2 Å². The molecule has 0 aliphatic heterocycles. The van der Waals surface area contributed by atoms with Crippen molar-refractivity contribution in [3.05, 3.63) is 57.1 Å². The molecule has 0 bridgehead atoms. The van der Waals surface area contributed by atoms with Crippen molar-refractivity contribution in [3.8, 4) is 11.5 Å². The molecule has 0 spiro atoms. The number of anilines is 1. The van der Waals surface area contributed by atoms with Gasteiger partial charge in [-0.1, -0.05) is 18.2 Å². The van der Waals surface area contributed by atoms with E-state index in [9.17, 15) is 19.7 Å². The number of aryl methyl sites for hydroxylation is 2. The summed E-state index contributed by atoms with van der Waals surface area (Å²) in [5, 5.41) is 14.1. The fraction of sp³-hybridized carbons (Fsp3) is 0.333. The lowest BCUT2D eigenvalue weighted by atomic mass is 10.1. The Labute approximate surface area is 174 Å². The van der Waals surface area contributed by atoms with E-state index < -0.39 is 28.6 Å². The van der Waals surface area contributed by atoms with Gasteiger partial charge in [0.2, 0.25) is 0 Å². The van der Waals surface area contributed by atoms with Crippen molar-refractivity contribution < 1.29 is 28.7 Å². The first kappa shape index (κ1) is 22.7. The average molecular weight is 416 g/mol. The number of nitro groups is 1. The van der Waals surface area contributed by atoms with Gasteiger partial charge in [-0.25, -0.2) is 4.79 Å². The van der Waals surface area contributed by atoms with Crippen molar-refractivity contribution in [3.63, 3.8) is 0 Å². The number of nitrogens with one attached hydrogen (secondary N) is 1. The van der Waals surface area contributed by atoms with E-state index in [0.717, 1.165) is 17.2 Å². The number of methoxy groups -OCH3 is 1. The third kappa shape index (κ3) is 5.05. The number of nitrogens with zero attached hydrogens (tertiary/aromatic N) is 1. The summed E-state index contributed by atoms with van der Waals surface area (Å²) < 4.78 is 15.7. The van der Waals surface area contributed by atoms with Crippen LogP contribution in [-0.2, 0) is 9.53 Å². The van der Waals surface area contributed by atoms with E-state index in [1.165, 1.54) is 20.1 Å². The average Bonchev–Trinajstić information content (AvgIpc) is 2.70. The van der Waals surface area contributed by atoms with Crippen molar-refractivity contribution in [2.24, 2.45) is 0 Å². The van der Waals surface area contributed by atoms with Crippen LogP contribution in [-0.4, -0.2) is 36.6 Å². The molecule has 0 unspecified atom stereocenters. The molecule has 0 radical (unpaired) electrons. The molecule has 1 atom stereocenters. The molecule has 1 amide bonds. The van der Waals surface area contributed by atoms with Gasteiger partial charge in [0.15, 0.2) is 17.6 Å². The zero-order chi connectivity index (χ0) is 22.4. The number of para-hydroxylation sites is 1. The summed E-state index contributed by atoms with van der Waals surface area (Å²) in [6.07, 6.45) is -1.19. The van der Waals surface area contributed by atoms with E-state index in [0.29, 0.717) is 5.69 Å². The minimum Gasteiger partial charge on any atom is -0.493 e. The molecule has 0 saturated carbocycles. The summed E-state index contributed by atoms with van der Waals surface area (Å²) in [5.74, 6) is -1.30. The van der Waals surface area contributed by atoms with Crippen molar-refractivity contribution in [2.45, 2.75) is 33.8 Å². The highest BCUT2D eigenvalue weighted by atomic mass is 16.6. The van der Waals surface area contributed by atoms with Gasteiger partial charge >= 0.3 is 5.97 Å². The summed E-state index contributed by atoms with van der Waals surface area (Å²) in [7, 11) is 1.33. The van der Waals surface area contributed by atoms with Crippen LogP contribution in [0.5, 0.6) is 11.5 Å². The minimum absolute atomic E-state index is 0.112. The molecular formula is C21H24N2O7. The Bertz CT molecular complexity index is 952. The number of ether oxygens (including phenoxy) is 3. The van der Waals surface area contributed by atoms with Crippen molar-refractivity contribution >= 4 is 23.3 Å². The summed E-state index contributed by atoms with van der Waals surface area (Å²) >= 11 is 0. The SMILES string of the molecule is CCOc1cc(C(=O)O[C@H](C)C(=O)Nc2c(C)cccc2C)c([N+](=O)[O-])cc1OC. The van der Waals surface area contributed by atoms with Gasteiger partial charge in [-0.15, -0.1) is 0 Å². The third-order valence-corrected chi connectivity index (χ3v) is 4.38. The fourth-order valence-corrected chi connectivity index (χ4v) is 2.81. The molecule has 2 aromatic carbocycles. The van der Waals surface area contributed by atoms with Crippen molar-refractivity contribution in [2.75, 3.05) is 19.0 Å². The van der Waals surface area contributed by atoms with Gasteiger partial charge < -0.3 is 19.5 Å². The normalized spacial score (nSPS) is 11.4. The van der Waals surface area contributed by atoms with Gasteiger partial charge in [0.05, 0.1) is 24.7 Å². The molecule has 9 nitrogen and oxygen atoms in total. The van der Waals surface area contributed by atoms with Gasteiger partial charge in [-0.05, 0) is 38.8 Å². The van der Waals surface area contributed by atoms with Crippen LogP contribution in [0.15, 0.2) is 30.3 Å². The molecule has 0 saturated heterocycles. The molecule has 0 heterocycles. The van der Waals surface area contributed by atoms with Crippen molar-refractivity contribution in [1.82, 2.24) is 0 Å². The molecule has 30 heavy (non-hydrogen) atoms. The number of rotatable bonds is 8. The number of carbonyl (C=O) groups is 2. The number of amides is 1. The molecule has 160 valence electrons. The lowest BCUT2D eigenvalue weighted by molar-refractivity contribution is -0.385. The van der Waals surface area contributed by atoms with E-state index in [-0.39, 0.29) is 23.7 Å². The smallest absolute Gasteiger partial charge is 0.346 e. The van der Waals surface area contributed by atoms with Crippen LogP contribution in [0.4, 0.5) is 11.4 Å². The maximum absolute atomic E-state index is 12.6. The van der Waals surface area contributed by atoms with Gasteiger partial charge in [-0.2, -0.15) is 0 Å². The predicted octanol–water partition coefficient (Wildman–Crippen LogP) is 3.80. The van der Waals surface area contributed by atoms with Crippen LogP contribution in [0.25, 0.3) is 0 Å². The first-order chi connectivity index (χ1) is 14.2. The maximum atomic E-state index is 12.6. The second-order valence-electron chi connectivity index (χ2n) is 6.51. The van der Waals surface area contributed by atoms with Crippen LogP contribution in [0.2, 0.25) is 0 Å². The summed E-state index contributed by atoms with van der Waals surface area (Å²) in [6.45, 7) is 7.06. The Balaban J connectivity index is 2.26. The van der Waals surface area contributed by atoms with Gasteiger partial charge in [0.1, 0.15) is 5.56 Å². The number of benzene rings is 2. The molecule has 2 aromatic rings. The minimum atomic E-state index is -1.19. The number of hydrogen-bond donors (Lipinski definition) is 1. The van der Waals surface area contributed by atoms with Gasteiger partial charge in [0.25, 0.3) is 11.6 Å². The Morgan fingerprint density at radius 2 is 1.80 bits per heavy atom. The molecule has 9 heteroatoms. The Morgan fingerprint density at radius 1 is 1.17 bits per heavy atom. The van der Waals surface area contributed by atoms with Gasteiger partial charge in [-0.3, -0.25) is 14.9 Å². The second-order valence-corrected chi connectivity index (χ2v) is 6.51. The Hall–Kier alpha value is -3.62. The molecular weight excluding hydrogens is 392 g/mol. The zero-order valence-corrected chi connectivity index (χ0v) is 17.5. The zero-order valence-electron chi connectivity index (χ0n) is 17.5. The van der Waals surface area contributed by atoms with E-state index >= 15 is 0 Å². The van der Waals surface area contributed by atoms with Crippen LogP contribution >= 0.6 is 0 Å². The molecule has 0 aliphatic carbocycles. The van der Waals surface area contributed by atoms with Crippen LogP contribution in [0.3, 0.4) is 0 Å². The fourth-order valence-electron chi connectivity index (χ4n) is 2.81. The topological polar surface area (TPSA) is 117 Å². The Kier molecular flexibility index (Phi) is 7.35. The highest BCUT2D eigenvalue weighted by Gasteiger charge is 2.28. The van der Waals surface area contributed by atoms with Crippen LogP contribution < -0.4 is 14.8 Å². The van der Waals surface area contributed by atoms with E-state index in [2.05, 4.69) is 5.32 Å². The summed E-state index contributed by atoms with van der Waals surface area (Å²) in [5.41, 5.74) is 1.49. The monoisotopic (exact) mass is 416 g/mol. The Morgan fingerprint density at radius 3 is 2.33 bits per heavy atom. The van der Waals surface area contributed by atoms with Crippen LogP contribution in [0.1, 0.15) is 35.3 Å². The first-order valence-electron chi connectivity index (χ1n) is 9.26. The standard InChI is InChI=1S/C21H24N2O7/c1-6-29-18-10-15(16(23(26)27)11-17(18)28-5)21(25)30-14(4)20(24)22-19-12(2)8-7-9-13(19)3/h7-11,14H,6H2,1-5H3,(H,22,24)/t14-/m1/s1. The van der Waals surface area contributed by atoms with E-state index in [1.807, 2.05) is 32.0 Å².